The number of aromatic nitrogens is 2. The third-order valence-corrected chi connectivity index (χ3v) is 23.3. The fourth-order valence-electron chi connectivity index (χ4n) is 9.82. The fourth-order valence-corrected chi connectivity index (χ4v) is 21.6. The van der Waals surface area contributed by atoms with Gasteiger partial charge in [-0.05, 0) is 55.5 Å². The monoisotopic (exact) mass is 1000 g/mol. The summed E-state index contributed by atoms with van der Waals surface area (Å²) in [6.07, 6.45) is 23.6. The first kappa shape index (κ1) is 42.9. The molecule has 0 N–H and O–H groups in total. The van der Waals surface area contributed by atoms with Crippen molar-refractivity contribution in [1.29, 1.82) is 0 Å². The quantitative estimate of drug-likeness (QED) is 0.135. The van der Waals surface area contributed by atoms with E-state index in [0.717, 1.165) is 30.2 Å². The molecule has 0 saturated heterocycles. The van der Waals surface area contributed by atoms with Crippen LogP contribution in [0.4, 0.5) is 0 Å². The Hall–Kier alpha value is -0.667. The van der Waals surface area contributed by atoms with E-state index in [-0.39, 0.29) is 0 Å². The van der Waals surface area contributed by atoms with Crippen molar-refractivity contribution >= 4 is 63.8 Å². The Labute approximate surface area is 354 Å². The average Bonchev–Trinajstić information content (AvgIpc) is 3.39. The van der Waals surface area contributed by atoms with E-state index in [1.807, 2.05) is 30.3 Å². The molecule has 296 valence electrons. The molecule has 3 aliphatic carbocycles. The number of benzene rings is 3. The van der Waals surface area contributed by atoms with Gasteiger partial charge in [0.15, 0.2) is 0 Å². The third kappa shape index (κ3) is 9.95. The Balaban J connectivity index is 0.000000219. The Morgan fingerprint density at radius 3 is 1.22 bits per heavy atom. The molecule has 7 rings (SSSR count). The molecule has 3 aromatic carbocycles. The van der Waals surface area contributed by atoms with Crippen LogP contribution in [0.15, 0.2) is 63.8 Å². The van der Waals surface area contributed by atoms with Crippen molar-refractivity contribution in [1.82, 2.24) is 9.13 Å². The Morgan fingerprint density at radius 2 is 0.889 bits per heavy atom. The summed E-state index contributed by atoms with van der Waals surface area (Å²) in [5.41, 5.74) is 13.9. The van der Waals surface area contributed by atoms with Crippen LogP contribution in [0, 0.1) is 45.6 Å². The van der Waals surface area contributed by atoms with E-state index >= 15 is 0 Å². The predicted molar refractivity (Wildman–Crippen MR) is 243 cm³/mol. The molecule has 0 radical (unpaired) electrons. The van der Waals surface area contributed by atoms with Crippen molar-refractivity contribution in [2.75, 3.05) is 0 Å². The second-order valence-electron chi connectivity index (χ2n) is 16.3. The summed E-state index contributed by atoms with van der Waals surface area (Å²) in [7, 11) is 15.3. The van der Waals surface area contributed by atoms with Crippen molar-refractivity contribution in [2.24, 2.45) is 0 Å². The normalized spacial score (nSPS) is 18.1. The molecular formula is C46H61Br2Cl2N2PRu. The number of rotatable bonds is 6. The van der Waals surface area contributed by atoms with Crippen LogP contribution in [0.3, 0.4) is 0 Å². The minimum atomic E-state index is -3.64. The zero-order valence-corrected chi connectivity index (χ0v) is 40.6. The van der Waals surface area contributed by atoms with Crippen molar-refractivity contribution in [3.05, 3.63) is 107 Å². The second kappa shape index (κ2) is 19.4. The van der Waals surface area contributed by atoms with Gasteiger partial charge in [-0.25, -0.2) is 0 Å². The van der Waals surface area contributed by atoms with Gasteiger partial charge in [0, 0.05) is 0 Å². The standard InChI is InChI=1S/C21H22Br2N2.C18H33P.C7H6.2ClH.Ru/c1-12-7-14(3)18(15(4)8-12)24-11-25(21(23)20(24)22)19-16(5)9-13(2)10-17(19)6;1-4-10-16(11-5-1)19(17-12-6-2-7-13-17)18-14-8-3-9-15-18;1-7-5-3-2-4-6-7;;;/h7-10H,1-6H3;16-18H,1-15H2;1-6H;2*1H;/q;;;;;+2/p-2. The van der Waals surface area contributed by atoms with Crippen LogP contribution in [0.5, 0.6) is 0 Å². The van der Waals surface area contributed by atoms with Crippen molar-refractivity contribution in [2.45, 2.75) is 155 Å². The van der Waals surface area contributed by atoms with E-state index in [1.165, 1.54) is 69.6 Å². The van der Waals surface area contributed by atoms with E-state index in [4.69, 9.17) is 19.4 Å². The van der Waals surface area contributed by atoms with Gasteiger partial charge in [0.05, 0.1) is 0 Å². The van der Waals surface area contributed by atoms with Crippen LogP contribution < -0.4 is 0 Å². The van der Waals surface area contributed by atoms with E-state index in [9.17, 15) is 0 Å². The summed E-state index contributed by atoms with van der Waals surface area (Å²) < 4.78 is 9.14. The summed E-state index contributed by atoms with van der Waals surface area (Å²) in [6, 6.07) is 18.9. The molecule has 0 amide bonds. The van der Waals surface area contributed by atoms with E-state index in [0.29, 0.717) is 7.92 Å². The topological polar surface area (TPSA) is 9.86 Å². The first-order valence-corrected chi connectivity index (χ1v) is 29.8. The number of hydrogen-bond acceptors (Lipinski definition) is 0. The van der Waals surface area contributed by atoms with Crippen LogP contribution in [0.1, 0.15) is 135 Å². The number of halogens is 4. The Bertz CT molecular complexity index is 1900. The van der Waals surface area contributed by atoms with Gasteiger partial charge in [0.2, 0.25) is 0 Å². The third-order valence-electron chi connectivity index (χ3n) is 11.9. The second-order valence-corrected chi connectivity index (χ2v) is 30.1. The molecule has 0 atom stereocenters. The van der Waals surface area contributed by atoms with E-state index in [2.05, 4.69) is 111 Å². The summed E-state index contributed by atoms with van der Waals surface area (Å²) in [6.45, 7) is 12.8. The molecule has 0 bridgehead atoms. The van der Waals surface area contributed by atoms with Crippen LogP contribution in [0.2, 0.25) is 0 Å². The Kier molecular flexibility index (Phi) is 15.4. The molecule has 1 heterocycles. The molecule has 4 aromatic rings. The maximum atomic E-state index is 7.46. The molecular weight excluding hydrogens is 943 g/mol. The zero-order chi connectivity index (χ0) is 38.6. The van der Waals surface area contributed by atoms with E-state index < -0.39 is 11.9 Å². The van der Waals surface area contributed by atoms with Gasteiger partial charge in [0.25, 0.3) is 0 Å². The van der Waals surface area contributed by atoms with Crippen LogP contribution in [0.25, 0.3) is 11.4 Å². The SMILES string of the molecule is C1CCC(P(C2CCCCC2)C2CCCCC2)CC1.Cc1cc(C)c(-n2c(Br)c(Br)n(-c3c(C)cc(C)cc3C)[c]2=[Ru]([Cl])([Cl])=[CH]c2ccccc2)c(C)c1. The fraction of sp³-hybridized carbons (Fsp3) is 0.522. The van der Waals surface area contributed by atoms with Crippen molar-refractivity contribution in [3.8, 4) is 11.4 Å². The number of hydrogen-bond donors (Lipinski definition) is 0. The Morgan fingerprint density at radius 1 is 0.556 bits per heavy atom. The molecule has 2 nitrogen and oxygen atoms in total. The molecule has 3 saturated carbocycles. The van der Waals surface area contributed by atoms with Gasteiger partial charge in [-0.3, -0.25) is 0 Å². The molecule has 0 aliphatic heterocycles. The van der Waals surface area contributed by atoms with Crippen LogP contribution >= 0.6 is 59.2 Å². The minimum absolute atomic E-state index is 0.385. The summed E-state index contributed by atoms with van der Waals surface area (Å²) >= 11 is 4.18. The molecule has 1 aromatic heterocycles. The first-order valence-electron chi connectivity index (χ1n) is 20.4. The van der Waals surface area contributed by atoms with E-state index in [1.54, 1.807) is 77.0 Å². The molecule has 8 heteroatoms. The number of nitrogens with zero attached hydrogens (tertiary/aromatic N) is 2. The van der Waals surface area contributed by atoms with Gasteiger partial charge in [-0.1, -0.05) is 65.7 Å². The number of imidazole rings is 1. The zero-order valence-electron chi connectivity index (χ0n) is 33.3. The number of aryl methyl sites for hydroxylation is 6. The van der Waals surface area contributed by atoms with Gasteiger partial charge in [0.1, 0.15) is 0 Å². The molecule has 0 spiro atoms. The average molecular weight is 1000 g/mol. The van der Waals surface area contributed by atoms with Gasteiger partial charge < -0.3 is 0 Å². The summed E-state index contributed by atoms with van der Waals surface area (Å²) in [5, 5.41) is 0. The maximum absolute atomic E-state index is 7.46. The summed E-state index contributed by atoms with van der Waals surface area (Å²) in [4.78, 5) is 0. The van der Waals surface area contributed by atoms with Gasteiger partial charge in [-0.15, -0.1) is 0 Å². The summed E-state index contributed by atoms with van der Waals surface area (Å²) in [5.74, 6) is 0. The van der Waals surface area contributed by atoms with Crippen molar-refractivity contribution in [3.63, 3.8) is 0 Å². The van der Waals surface area contributed by atoms with Crippen molar-refractivity contribution < 1.29 is 11.9 Å². The van der Waals surface area contributed by atoms with Gasteiger partial charge in [-0.2, -0.15) is 0 Å². The molecule has 54 heavy (non-hydrogen) atoms. The van der Waals surface area contributed by atoms with Crippen LogP contribution in [-0.4, -0.2) is 30.7 Å². The molecule has 3 aliphatic rings. The molecule has 0 unspecified atom stereocenters. The van der Waals surface area contributed by atoms with Gasteiger partial charge >= 0.3 is 237 Å². The predicted octanol–water partition coefficient (Wildman–Crippen LogP) is 16.0. The van der Waals surface area contributed by atoms with Crippen LogP contribution in [-0.2, 0) is 11.9 Å². The first-order chi connectivity index (χ1) is 25.9. The molecule has 3 fully saturated rings.